The topological polar surface area (TPSA) is 108 Å². The van der Waals surface area contributed by atoms with Crippen LogP contribution in [0.1, 0.15) is 43.5 Å². The number of likely N-dealkylation sites (tertiary alicyclic amines) is 1. The summed E-state index contributed by atoms with van der Waals surface area (Å²) in [6, 6.07) is 13.4. The lowest BCUT2D eigenvalue weighted by molar-refractivity contribution is -0.128. The fraction of sp³-hybridized carbons (Fsp3) is 0.333. The van der Waals surface area contributed by atoms with Crippen LogP contribution >= 0.6 is 0 Å². The molecule has 1 aliphatic rings. The van der Waals surface area contributed by atoms with Crippen LogP contribution in [0.25, 0.3) is 0 Å². The number of benzene rings is 2. The zero-order chi connectivity index (χ0) is 23.1. The molecule has 2 aromatic carbocycles. The zero-order valence-corrected chi connectivity index (χ0v) is 18.3. The normalized spacial score (nSPS) is 15.4. The molecule has 4 amide bonds. The maximum atomic E-state index is 12.5. The number of carbonyl (C=O) groups excluding carboxylic acids is 4. The lowest BCUT2D eigenvalue weighted by Gasteiger charge is -2.16. The van der Waals surface area contributed by atoms with Crippen LogP contribution in [0, 0.1) is 5.92 Å². The number of hydrogen-bond acceptors (Lipinski definition) is 4. The van der Waals surface area contributed by atoms with E-state index in [4.69, 9.17) is 0 Å². The maximum Gasteiger partial charge on any atom is 0.255 e. The third kappa shape index (κ3) is 6.16. The molecule has 1 aliphatic heterocycles. The maximum absolute atomic E-state index is 12.5. The van der Waals surface area contributed by atoms with E-state index >= 15 is 0 Å². The Hall–Kier alpha value is -3.68. The first kappa shape index (κ1) is 23.0. The van der Waals surface area contributed by atoms with Gasteiger partial charge < -0.3 is 20.9 Å². The van der Waals surface area contributed by atoms with Gasteiger partial charge in [0.1, 0.15) is 0 Å². The van der Waals surface area contributed by atoms with E-state index in [-0.39, 0.29) is 36.0 Å². The molecule has 2 aromatic rings. The van der Waals surface area contributed by atoms with Gasteiger partial charge in [-0.05, 0) is 48.9 Å². The Kier molecular flexibility index (Phi) is 7.59. The van der Waals surface area contributed by atoms with Gasteiger partial charge in [0.05, 0.1) is 5.92 Å². The van der Waals surface area contributed by atoms with E-state index in [0.717, 1.165) is 12.8 Å². The summed E-state index contributed by atoms with van der Waals surface area (Å²) in [5.74, 6) is -1.03. The first-order valence-corrected chi connectivity index (χ1v) is 10.7. The lowest BCUT2D eigenvalue weighted by atomic mass is 10.1. The van der Waals surface area contributed by atoms with E-state index in [1.165, 1.54) is 6.92 Å². The molecule has 0 aromatic heterocycles. The molecule has 0 radical (unpaired) electrons. The molecule has 8 nitrogen and oxygen atoms in total. The molecule has 32 heavy (non-hydrogen) atoms. The summed E-state index contributed by atoms with van der Waals surface area (Å²) in [4.78, 5) is 50.1. The monoisotopic (exact) mass is 436 g/mol. The number of hydrogen-bond donors (Lipinski definition) is 3. The molecule has 1 saturated heterocycles. The van der Waals surface area contributed by atoms with Crippen LogP contribution in [0.5, 0.6) is 0 Å². The van der Waals surface area contributed by atoms with Crippen molar-refractivity contribution < 1.29 is 19.2 Å². The Morgan fingerprint density at radius 2 is 1.66 bits per heavy atom. The Morgan fingerprint density at radius 1 is 0.969 bits per heavy atom. The summed E-state index contributed by atoms with van der Waals surface area (Å²) < 4.78 is 0. The number of anilines is 3. The van der Waals surface area contributed by atoms with Gasteiger partial charge >= 0.3 is 0 Å². The van der Waals surface area contributed by atoms with Crippen LogP contribution in [-0.2, 0) is 14.4 Å². The van der Waals surface area contributed by atoms with Gasteiger partial charge in [0, 0.05) is 49.1 Å². The molecule has 1 heterocycles. The van der Waals surface area contributed by atoms with Crippen LogP contribution in [-0.4, -0.2) is 41.6 Å². The number of amides is 4. The Bertz CT molecular complexity index is 1000. The van der Waals surface area contributed by atoms with Gasteiger partial charge in [-0.3, -0.25) is 19.2 Å². The predicted octanol–water partition coefficient (Wildman–Crippen LogP) is 3.48. The average Bonchev–Trinajstić information content (AvgIpc) is 3.13. The largest absolute Gasteiger partial charge is 0.342 e. The van der Waals surface area contributed by atoms with Crippen molar-refractivity contribution in [1.82, 2.24) is 4.90 Å². The van der Waals surface area contributed by atoms with Crippen LogP contribution in [0.4, 0.5) is 17.1 Å². The van der Waals surface area contributed by atoms with Crippen LogP contribution in [0.2, 0.25) is 0 Å². The Morgan fingerprint density at radius 3 is 2.31 bits per heavy atom. The van der Waals surface area contributed by atoms with Crippen LogP contribution in [0.3, 0.4) is 0 Å². The second-order valence-corrected chi connectivity index (χ2v) is 7.88. The molecule has 0 aliphatic carbocycles. The van der Waals surface area contributed by atoms with E-state index < -0.39 is 0 Å². The fourth-order valence-corrected chi connectivity index (χ4v) is 3.54. The molecular formula is C24H28N4O4. The van der Waals surface area contributed by atoms with Gasteiger partial charge in [-0.1, -0.05) is 19.4 Å². The number of nitrogens with one attached hydrogen (secondary N) is 3. The molecule has 168 valence electrons. The number of unbranched alkanes of at least 4 members (excludes halogenated alkanes) is 1. The summed E-state index contributed by atoms with van der Waals surface area (Å²) in [7, 11) is 0. The van der Waals surface area contributed by atoms with Gasteiger partial charge in [-0.2, -0.15) is 0 Å². The molecule has 0 saturated carbocycles. The SMILES string of the molecule is CCCCN1C[C@H](C(=O)Nc2ccc(C(=O)Nc3cccc(NC(C)=O)c3)cc2)CC1=O. The van der Waals surface area contributed by atoms with Crippen molar-refractivity contribution in [3.8, 4) is 0 Å². The van der Waals surface area contributed by atoms with Crippen molar-refractivity contribution in [2.24, 2.45) is 5.92 Å². The Labute approximate surface area is 187 Å². The van der Waals surface area contributed by atoms with E-state index in [0.29, 0.717) is 35.7 Å². The summed E-state index contributed by atoms with van der Waals surface area (Å²) in [6.45, 7) is 4.62. The highest BCUT2D eigenvalue weighted by Gasteiger charge is 2.33. The van der Waals surface area contributed by atoms with E-state index in [9.17, 15) is 19.2 Å². The van der Waals surface area contributed by atoms with Gasteiger partial charge in [0.15, 0.2) is 0 Å². The lowest BCUT2D eigenvalue weighted by Crippen LogP contribution is -2.29. The van der Waals surface area contributed by atoms with Gasteiger partial charge in [0.2, 0.25) is 17.7 Å². The zero-order valence-electron chi connectivity index (χ0n) is 18.3. The number of rotatable bonds is 8. The van der Waals surface area contributed by atoms with Crippen molar-refractivity contribution in [1.29, 1.82) is 0 Å². The number of carbonyl (C=O) groups is 4. The Balaban J connectivity index is 1.56. The van der Waals surface area contributed by atoms with Gasteiger partial charge in [0.25, 0.3) is 5.91 Å². The molecular weight excluding hydrogens is 408 g/mol. The molecule has 1 fully saturated rings. The van der Waals surface area contributed by atoms with E-state index in [1.807, 2.05) is 0 Å². The standard InChI is InChI=1S/C24H28N4O4/c1-3-4-12-28-15-18(13-22(28)30)24(32)26-19-10-8-17(9-11-19)23(31)27-21-7-5-6-20(14-21)25-16(2)29/h5-11,14,18H,3-4,12-13,15H2,1-2H3,(H,25,29)(H,26,32)(H,27,31)/t18-/m1/s1. The summed E-state index contributed by atoms with van der Waals surface area (Å²) >= 11 is 0. The first-order valence-electron chi connectivity index (χ1n) is 10.7. The minimum Gasteiger partial charge on any atom is -0.342 e. The van der Waals surface area contributed by atoms with Crippen molar-refractivity contribution in [3.05, 3.63) is 54.1 Å². The van der Waals surface area contributed by atoms with Crippen molar-refractivity contribution in [3.63, 3.8) is 0 Å². The molecule has 1 atom stereocenters. The summed E-state index contributed by atoms with van der Waals surface area (Å²) in [5.41, 5.74) is 2.14. The highest BCUT2D eigenvalue weighted by Crippen LogP contribution is 2.21. The quantitative estimate of drug-likeness (QED) is 0.589. The van der Waals surface area contributed by atoms with Gasteiger partial charge in [-0.25, -0.2) is 0 Å². The highest BCUT2D eigenvalue weighted by molar-refractivity contribution is 6.05. The second-order valence-electron chi connectivity index (χ2n) is 7.88. The minimum atomic E-state index is -0.363. The molecule has 3 N–H and O–H groups in total. The van der Waals surface area contributed by atoms with Crippen molar-refractivity contribution in [2.45, 2.75) is 33.1 Å². The van der Waals surface area contributed by atoms with E-state index in [2.05, 4.69) is 22.9 Å². The smallest absolute Gasteiger partial charge is 0.255 e. The van der Waals surface area contributed by atoms with Crippen molar-refractivity contribution in [2.75, 3.05) is 29.0 Å². The summed E-state index contributed by atoms with van der Waals surface area (Å²) in [6.07, 6.45) is 2.16. The molecule has 3 rings (SSSR count). The average molecular weight is 437 g/mol. The van der Waals surface area contributed by atoms with E-state index in [1.54, 1.807) is 53.4 Å². The highest BCUT2D eigenvalue weighted by atomic mass is 16.2. The second kappa shape index (κ2) is 10.6. The third-order valence-corrected chi connectivity index (χ3v) is 5.22. The van der Waals surface area contributed by atoms with Crippen LogP contribution in [0.15, 0.2) is 48.5 Å². The summed E-state index contributed by atoms with van der Waals surface area (Å²) in [5, 5.41) is 8.28. The van der Waals surface area contributed by atoms with Gasteiger partial charge in [-0.15, -0.1) is 0 Å². The predicted molar refractivity (Wildman–Crippen MR) is 123 cm³/mol. The molecule has 0 unspecified atom stereocenters. The fourth-order valence-electron chi connectivity index (χ4n) is 3.54. The third-order valence-electron chi connectivity index (χ3n) is 5.22. The van der Waals surface area contributed by atoms with Crippen LogP contribution < -0.4 is 16.0 Å². The molecule has 0 spiro atoms. The first-order chi connectivity index (χ1) is 15.4. The number of nitrogens with zero attached hydrogens (tertiary/aromatic N) is 1. The minimum absolute atomic E-state index is 0.0215. The molecule has 8 heteroatoms. The molecule has 0 bridgehead atoms. The van der Waals surface area contributed by atoms with Crippen molar-refractivity contribution >= 4 is 40.7 Å².